The van der Waals surface area contributed by atoms with Crippen molar-refractivity contribution in [1.82, 2.24) is 20.2 Å². The summed E-state index contributed by atoms with van der Waals surface area (Å²) >= 11 is 0. The fourth-order valence-corrected chi connectivity index (χ4v) is 3.42. The molecular weight excluding hydrogens is 338 g/mol. The molecule has 0 unspecified atom stereocenters. The van der Waals surface area contributed by atoms with E-state index in [-0.39, 0.29) is 5.91 Å². The zero-order valence-electron chi connectivity index (χ0n) is 16.3. The molecule has 0 radical (unpaired) electrons. The quantitative estimate of drug-likeness (QED) is 0.762. The van der Waals surface area contributed by atoms with Crippen LogP contribution in [0.1, 0.15) is 35.8 Å². The van der Waals surface area contributed by atoms with Gasteiger partial charge in [-0.05, 0) is 50.6 Å². The van der Waals surface area contributed by atoms with Crippen molar-refractivity contribution >= 4 is 11.7 Å². The predicted octanol–water partition coefficient (Wildman–Crippen LogP) is 2.37. The normalized spacial score (nSPS) is 17.7. The first-order chi connectivity index (χ1) is 13.2. The second-order valence-electron chi connectivity index (χ2n) is 7.07. The minimum Gasteiger partial charge on any atom is -0.354 e. The van der Waals surface area contributed by atoms with Crippen molar-refractivity contribution in [1.29, 1.82) is 0 Å². The number of anilines is 1. The van der Waals surface area contributed by atoms with Gasteiger partial charge in [0.2, 0.25) is 0 Å². The van der Waals surface area contributed by atoms with Crippen LogP contribution >= 0.6 is 0 Å². The van der Waals surface area contributed by atoms with Gasteiger partial charge in [0.15, 0.2) is 0 Å². The van der Waals surface area contributed by atoms with Crippen molar-refractivity contribution in [2.45, 2.75) is 32.2 Å². The van der Waals surface area contributed by atoms with Crippen molar-refractivity contribution in [2.75, 3.05) is 38.1 Å². The Morgan fingerprint density at radius 1 is 1.22 bits per heavy atom. The number of aromatic nitrogens is 2. The first-order valence-corrected chi connectivity index (χ1v) is 9.76. The smallest absolute Gasteiger partial charge is 0.252 e. The SMILES string of the molecule is CC[C@@H]1CN(c2ccc(C(=O)NCCCc3ccccn3)cn2)CCN1C. The van der Waals surface area contributed by atoms with E-state index in [0.29, 0.717) is 18.2 Å². The van der Waals surface area contributed by atoms with E-state index in [0.717, 1.165) is 50.4 Å². The minimum absolute atomic E-state index is 0.0696. The molecule has 1 N–H and O–H groups in total. The van der Waals surface area contributed by atoms with Gasteiger partial charge in [-0.3, -0.25) is 14.7 Å². The van der Waals surface area contributed by atoms with Crippen LogP contribution in [0.15, 0.2) is 42.7 Å². The van der Waals surface area contributed by atoms with Crippen LogP contribution in [-0.2, 0) is 6.42 Å². The summed E-state index contributed by atoms with van der Waals surface area (Å²) in [7, 11) is 2.18. The number of carbonyl (C=O) groups is 1. The highest BCUT2D eigenvalue weighted by Gasteiger charge is 2.23. The van der Waals surface area contributed by atoms with Crippen molar-refractivity contribution in [3.05, 3.63) is 54.0 Å². The summed E-state index contributed by atoms with van der Waals surface area (Å²) in [6, 6.07) is 10.3. The Morgan fingerprint density at radius 2 is 2.11 bits per heavy atom. The molecule has 1 amide bonds. The molecule has 2 aromatic heterocycles. The number of nitrogens with zero attached hydrogens (tertiary/aromatic N) is 4. The van der Waals surface area contributed by atoms with Crippen molar-refractivity contribution < 1.29 is 4.79 Å². The maximum Gasteiger partial charge on any atom is 0.252 e. The molecule has 6 heteroatoms. The molecule has 2 aromatic rings. The molecule has 0 bridgehead atoms. The van der Waals surface area contributed by atoms with E-state index in [1.807, 2.05) is 30.3 Å². The van der Waals surface area contributed by atoms with Gasteiger partial charge >= 0.3 is 0 Å². The highest BCUT2D eigenvalue weighted by molar-refractivity contribution is 5.94. The number of hydrogen-bond donors (Lipinski definition) is 1. The monoisotopic (exact) mass is 367 g/mol. The van der Waals surface area contributed by atoms with E-state index in [9.17, 15) is 4.79 Å². The molecular formula is C21H29N5O. The Kier molecular flexibility index (Phi) is 6.76. The average molecular weight is 367 g/mol. The standard InChI is InChI=1S/C21H29N5O/c1-3-19-16-26(14-13-25(19)2)20-10-9-17(15-24-20)21(27)23-12-6-8-18-7-4-5-11-22-18/h4-5,7,9-11,15,19H,3,6,8,12-14,16H2,1-2H3,(H,23,27)/t19-/m1/s1. The van der Waals surface area contributed by atoms with Gasteiger partial charge in [0.1, 0.15) is 5.82 Å². The van der Waals surface area contributed by atoms with Gasteiger partial charge in [0.25, 0.3) is 5.91 Å². The van der Waals surface area contributed by atoms with Crippen LogP contribution in [0.2, 0.25) is 0 Å². The number of amides is 1. The largest absolute Gasteiger partial charge is 0.354 e. The fourth-order valence-electron chi connectivity index (χ4n) is 3.42. The molecule has 1 saturated heterocycles. The summed E-state index contributed by atoms with van der Waals surface area (Å²) in [5.74, 6) is 0.883. The predicted molar refractivity (Wildman–Crippen MR) is 108 cm³/mol. The van der Waals surface area contributed by atoms with Gasteiger partial charge in [0.05, 0.1) is 5.56 Å². The van der Waals surface area contributed by atoms with Gasteiger partial charge in [-0.15, -0.1) is 0 Å². The zero-order chi connectivity index (χ0) is 19.1. The van der Waals surface area contributed by atoms with E-state index >= 15 is 0 Å². The third-order valence-electron chi connectivity index (χ3n) is 5.20. The molecule has 144 valence electrons. The van der Waals surface area contributed by atoms with E-state index in [1.54, 1.807) is 12.4 Å². The molecule has 3 rings (SSSR count). The summed E-state index contributed by atoms with van der Waals surface area (Å²) in [6.07, 6.45) is 6.34. The summed E-state index contributed by atoms with van der Waals surface area (Å²) in [6.45, 7) is 5.85. The summed E-state index contributed by atoms with van der Waals surface area (Å²) in [4.78, 5) is 25.8. The van der Waals surface area contributed by atoms with Crippen LogP contribution in [0.3, 0.4) is 0 Å². The summed E-state index contributed by atoms with van der Waals surface area (Å²) in [5, 5.41) is 2.96. The fraction of sp³-hybridized carbons (Fsp3) is 0.476. The van der Waals surface area contributed by atoms with E-state index < -0.39 is 0 Å². The Hall–Kier alpha value is -2.47. The van der Waals surface area contributed by atoms with Crippen molar-refractivity contribution in [2.24, 2.45) is 0 Å². The summed E-state index contributed by atoms with van der Waals surface area (Å²) in [5.41, 5.74) is 1.66. The topological polar surface area (TPSA) is 61.4 Å². The molecule has 1 atom stereocenters. The molecule has 0 saturated carbocycles. The molecule has 0 aromatic carbocycles. The third kappa shape index (κ3) is 5.26. The summed E-state index contributed by atoms with van der Waals surface area (Å²) < 4.78 is 0. The maximum atomic E-state index is 12.3. The Morgan fingerprint density at radius 3 is 2.81 bits per heavy atom. The number of rotatable bonds is 7. The van der Waals surface area contributed by atoms with Crippen LogP contribution < -0.4 is 10.2 Å². The highest BCUT2D eigenvalue weighted by atomic mass is 16.1. The number of likely N-dealkylation sites (N-methyl/N-ethyl adjacent to an activating group) is 1. The Balaban J connectivity index is 1.47. The lowest BCUT2D eigenvalue weighted by molar-refractivity contribution is 0.0953. The van der Waals surface area contributed by atoms with E-state index in [1.165, 1.54) is 0 Å². The van der Waals surface area contributed by atoms with E-state index in [2.05, 4.69) is 39.1 Å². The van der Waals surface area contributed by atoms with Crippen LogP contribution in [0, 0.1) is 0 Å². The zero-order valence-corrected chi connectivity index (χ0v) is 16.3. The Labute approximate surface area is 161 Å². The molecule has 1 aliphatic rings. The molecule has 0 spiro atoms. The van der Waals surface area contributed by atoms with Gasteiger partial charge in [0, 0.05) is 50.3 Å². The lowest BCUT2D eigenvalue weighted by atomic mass is 10.1. The van der Waals surface area contributed by atoms with Gasteiger partial charge < -0.3 is 10.2 Å². The van der Waals surface area contributed by atoms with Crippen LogP contribution in [-0.4, -0.2) is 60.0 Å². The van der Waals surface area contributed by atoms with Crippen LogP contribution in [0.25, 0.3) is 0 Å². The van der Waals surface area contributed by atoms with Crippen molar-refractivity contribution in [3.8, 4) is 0 Å². The number of piperazine rings is 1. The minimum atomic E-state index is -0.0696. The second-order valence-corrected chi connectivity index (χ2v) is 7.07. The first kappa shape index (κ1) is 19.3. The maximum absolute atomic E-state index is 12.3. The lowest BCUT2D eigenvalue weighted by Gasteiger charge is -2.39. The van der Waals surface area contributed by atoms with Gasteiger partial charge in [-0.25, -0.2) is 4.98 Å². The second kappa shape index (κ2) is 9.46. The van der Waals surface area contributed by atoms with Gasteiger partial charge in [-0.1, -0.05) is 13.0 Å². The van der Waals surface area contributed by atoms with Crippen LogP contribution in [0.5, 0.6) is 0 Å². The molecule has 6 nitrogen and oxygen atoms in total. The van der Waals surface area contributed by atoms with Crippen molar-refractivity contribution in [3.63, 3.8) is 0 Å². The molecule has 1 aliphatic heterocycles. The first-order valence-electron chi connectivity index (χ1n) is 9.76. The number of nitrogens with one attached hydrogen (secondary N) is 1. The van der Waals surface area contributed by atoms with E-state index in [4.69, 9.17) is 0 Å². The molecule has 3 heterocycles. The molecule has 27 heavy (non-hydrogen) atoms. The molecule has 1 fully saturated rings. The lowest BCUT2D eigenvalue weighted by Crippen LogP contribution is -2.51. The van der Waals surface area contributed by atoms with Crippen LogP contribution in [0.4, 0.5) is 5.82 Å². The number of pyridine rings is 2. The number of aryl methyl sites for hydroxylation is 1. The average Bonchev–Trinajstić information content (AvgIpc) is 2.72. The highest BCUT2D eigenvalue weighted by Crippen LogP contribution is 2.18. The number of carbonyl (C=O) groups excluding carboxylic acids is 1. The Bertz CT molecular complexity index is 719. The van der Waals surface area contributed by atoms with Gasteiger partial charge in [-0.2, -0.15) is 0 Å². The number of hydrogen-bond acceptors (Lipinski definition) is 5. The molecule has 0 aliphatic carbocycles. The third-order valence-corrected chi connectivity index (χ3v) is 5.20.